The SMILES string of the molecule is O=P1(N(CCCl)CCCl)CCCCN1CCCl. The van der Waals surface area contributed by atoms with Crippen molar-refractivity contribution in [3.8, 4) is 0 Å². The van der Waals surface area contributed by atoms with Gasteiger partial charge in [-0.15, -0.1) is 34.8 Å². The molecule has 0 amide bonds. The van der Waals surface area contributed by atoms with E-state index in [1.54, 1.807) is 0 Å². The molecule has 102 valence electrons. The summed E-state index contributed by atoms with van der Waals surface area (Å²) in [6.07, 6.45) is 2.84. The van der Waals surface area contributed by atoms with Crippen molar-refractivity contribution < 1.29 is 4.57 Å². The van der Waals surface area contributed by atoms with Crippen molar-refractivity contribution in [2.24, 2.45) is 0 Å². The van der Waals surface area contributed by atoms with E-state index in [0.29, 0.717) is 37.3 Å². The van der Waals surface area contributed by atoms with Gasteiger partial charge in [0.1, 0.15) is 0 Å². The van der Waals surface area contributed by atoms with Gasteiger partial charge in [0.05, 0.1) is 0 Å². The molecule has 1 aliphatic heterocycles. The van der Waals surface area contributed by atoms with Gasteiger partial charge in [0.25, 0.3) is 0 Å². The van der Waals surface area contributed by atoms with E-state index in [2.05, 4.69) is 0 Å². The van der Waals surface area contributed by atoms with Crippen LogP contribution in [0, 0.1) is 0 Å². The lowest BCUT2D eigenvalue weighted by molar-refractivity contribution is 0.332. The fourth-order valence-corrected chi connectivity index (χ4v) is 6.43. The van der Waals surface area contributed by atoms with E-state index in [4.69, 9.17) is 34.8 Å². The number of nitrogens with zero attached hydrogens (tertiary/aromatic N) is 2. The van der Waals surface area contributed by atoms with Gasteiger partial charge < -0.3 is 0 Å². The van der Waals surface area contributed by atoms with Gasteiger partial charge in [0.2, 0.25) is 7.44 Å². The van der Waals surface area contributed by atoms with Crippen LogP contribution in [0.4, 0.5) is 0 Å². The van der Waals surface area contributed by atoms with Crippen LogP contribution in [0.5, 0.6) is 0 Å². The van der Waals surface area contributed by atoms with Gasteiger partial charge in [0, 0.05) is 50.0 Å². The summed E-state index contributed by atoms with van der Waals surface area (Å²) in [5.74, 6) is 1.48. The Labute approximate surface area is 119 Å². The number of rotatable bonds is 7. The third-order valence-electron chi connectivity index (χ3n) is 3.03. The summed E-state index contributed by atoms with van der Waals surface area (Å²) in [6.45, 7) is 2.81. The second-order valence-electron chi connectivity index (χ2n) is 4.07. The lowest BCUT2D eigenvalue weighted by atomic mass is 10.3. The lowest BCUT2D eigenvalue weighted by Gasteiger charge is -2.41. The third kappa shape index (κ3) is 4.26. The van der Waals surface area contributed by atoms with Crippen molar-refractivity contribution in [1.29, 1.82) is 0 Å². The van der Waals surface area contributed by atoms with E-state index in [9.17, 15) is 4.57 Å². The van der Waals surface area contributed by atoms with E-state index in [0.717, 1.165) is 25.5 Å². The largest absolute Gasteiger partial charge is 0.289 e. The van der Waals surface area contributed by atoms with Gasteiger partial charge in [-0.05, 0) is 12.8 Å². The molecule has 0 spiro atoms. The second kappa shape index (κ2) is 8.24. The first-order valence-electron chi connectivity index (χ1n) is 5.97. The Morgan fingerprint density at radius 1 is 1.06 bits per heavy atom. The lowest BCUT2D eigenvalue weighted by Crippen LogP contribution is -2.39. The van der Waals surface area contributed by atoms with Crippen molar-refractivity contribution in [3.63, 3.8) is 0 Å². The van der Waals surface area contributed by atoms with Gasteiger partial charge in [-0.3, -0.25) is 4.57 Å². The number of halogens is 3. The van der Waals surface area contributed by atoms with E-state index < -0.39 is 7.44 Å². The van der Waals surface area contributed by atoms with Crippen LogP contribution in [0.25, 0.3) is 0 Å². The minimum absolute atomic E-state index is 0.482. The first-order chi connectivity index (χ1) is 8.19. The molecule has 3 nitrogen and oxygen atoms in total. The smallest absolute Gasteiger partial charge is 0.216 e. The highest BCUT2D eigenvalue weighted by atomic mass is 35.5. The molecule has 0 aromatic carbocycles. The Morgan fingerprint density at radius 3 is 2.24 bits per heavy atom. The molecule has 7 heteroatoms. The molecule has 1 aliphatic rings. The van der Waals surface area contributed by atoms with Gasteiger partial charge in [-0.2, -0.15) is 0 Å². The van der Waals surface area contributed by atoms with Crippen LogP contribution in [0.1, 0.15) is 12.8 Å². The summed E-state index contributed by atoms with van der Waals surface area (Å²) in [5.41, 5.74) is 0. The summed E-state index contributed by atoms with van der Waals surface area (Å²) in [4.78, 5) is 0. The zero-order chi connectivity index (χ0) is 12.7. The molecule has 0 radical (unpaired) electrons. The minimum atomic E-state index is -2.47. The molecule has 0 bridgehead atoms. The molecule has 1 saturated heterocycles. The summed E-state index contributed by atoms with van der Waals surface area (Å²) in [5, 5.41) is 0. The number of hydrogen-bond acceptors (Lipinski definition) is 1. The van der Waals surface area contributed by atoms with Crippen molar-refractivity contribution in [2.75, 3.05) is 50.0 Å². The molecule has 1 atom stereocenters. The number of alkyl halides is 3. The fourth-order valence-electron chi connectivity index (χ4n) is 2.22. The fraction of sp³-hybridized carbons (Fsp3) is 1.00. The summed E-state index contributed by atoms with van der Waals surface area (Å²) >= 11 is 17.4. The van der Waals surface area contributed by atoms with E-state index in [-0.39, 0.29) is 0 Å². The second-order valence-corrected chi connectivity index (χ2v) is 8.11. The highest BCUT2D eigenvalue weighted by Gasteiger charge is 2.37. The average molecular weight is 322 g/mol. The van der Waals surface area contributed by atoms with Crippen LogP contribution in [-0.4, -0.2) is 59.3 Å². The van der Waals surface area contributed by atoms with Crippen molar-refractivity contribution in [1.82, 2.24) is 9.34 Å². The van der Waals surface area contributed by atoms with Crippen molar-refractivity contribution >= 4 is 42.2 Å². The molecule has 1 unspecified atom stereocenters. The molecule has 1 rings (SSSR count). The molecule has 0 aromatic rings. The van der Waals surface area contributed by atoms with E-state index >= 15 is 0 Å². The topological polar surface area (TPSA) is 23.6 Å². The van der Waals surface area contributed by atoms with E-state index in [1.165, 1.54) is 0 Å². The average Bonchev–Trinajstić information content (AvgIpc) is 2.32. The Hall–Kier alpha value is 1.02. The first kappa shape index (κ1) is 16.1. The van der Waals surface area contributed by atoms with Crippen LogP contribution in [0.2, 0.25) is 0 Å². The Morgan fingerprint density at radius 2 is 1.71 bits per heavy atom. The molecular weight excluding hydrogens is 301 g/mol. The molecule has 1 fully saturated rings. The zero-order valence-corrected chi connectivity index (χ0v) is 13.1. The Bertz CT molecular complexity index is 260. The van der Waals surface area contributed by atoms with Crippen molar-refractivity contribution in [3.05, 3.63) is 0 Å². The standard InChI is InChI=1S/C10H20Cl3N2OP/c11-3-7-14-6-1-2-10-17(14,16)15(8-4-12)9-5-13/h1-10H2. The van der Waals surface area contributed by atoms with Gasteiger partial charge in [-0.25, -0.2) is 9.34 Å². The van der Waals surface area contributed by atoms with Crippen LogP contribution >= 0.6 is 42.2 Å². The highest BCUT2D eigenvalue weighted by Crippen LogP contribution is 2.55. The number of hydrogen-bond donors (Lipinski definition) is 0. The third-order valence-corrected chi connectivity index (χ3v) is 7.00. The van der Waals surface area contributed by atoms with Crippen LogP contribution in [0.15, 0.2) is 0 Å². The Kier molecular flexibility index (Phi) is 7.79. The zero-order valence-electron chi connectivity index (χ0n) is 9.95. The highest BCUT2D eigenvalue weighted by molar-refractivity contribution is 7.59. The predicted octanol–water partition coefficient (Wildman–Crippen LogP) is 3.29. The quantitative estimate of drug-likeness (QED) is 0.531. The van der Waals surface area contributed by atoms with Gasteiger partial charge in [-0.1, -0.05) is 0 Å². The normalized spacial score (nSPS) is 26.6. The summed E-state index contributed by atoms with van der Waals surface area (Å²) in [7, 11) is -2.47. The van der Waals surface area contributed by atoms with Crippen LogP contribution in [-0.2, 0) is 4.57 Å². The van der Waals surface area contributed by atoms with Gasteiger partial charge in [0.15, 0.2) is 0 Å². The molecular formula is C10H20Cl3N2OP. The molecule has 1 heterocycles. The van der Waals surface area contributed by atoms with E-state index in [1.807, 2.05) is 9.34 Å². The summed E-state index contributed by atoms with van der Waals surface area (Å²) < 4.78 is 17.1. The first-order valence-corrected chi connectivity index (χ1v) is 9.37. The molecule has 0 aliphatic carbocycles. The van der Waals surface area contributed by atoms with Gasteiger partial charge >= 0.3 is 0 Å². The predicted molar refractivity (Wildman–Crippen MR) is 77.0 cm³/mol. The molecule has 0 N–H and O–H groups in total. The molecule has 0 aromatic heterocycles. The monoisotopic (exact) mass is 320 g/mol. The maximum absolute atomic E-state index is 13.1. The molecule has 0 saturated carbocycles. The van der Waals surface area contributed by atoms with Crippen molar-refractivity contribution in [2.45, 2.75) is 12.8 Å². The molecule has 17 heavy (non-hydrogen) atoms. The van der Waals surface area contributed by atoms with Crippen LogP contribution < -0.4 is 0 Å². The summed E-state index contributed by atoms with van der Waals surface area (Å²) in [6, 6.07) is 0. The maximum atomic E-state index is 13.1. The maximum Gasteiger partial charge on any atom is 0.216 e. The minimum Gasteiger partial charge on any atom is -0.289 e. The Balaban J connectivity index is 2.80. The van der Waals surface area contributed by atoms with Crippen LogP contribution in [0.3, 0.4) is 0 Å².